The van der Waals surface area contributed by atoms with E-state index in [0.29, 0.717) is 0 Å². The molecule has 0 aliphatic carbocycles. The fraction of sp³-hybridized carbons (Fsp3) is 1.00. The highest BCUT2D eigenvalue weighted by Crippen LogP contribution is 2.13. The topological polar surface area (TPSA) is 4.44 Å². The van der Waals surface area contributed by atoms with Crippen LogP contribution < -0.4 is 4.90 Å². The lowest BCUT2D eigenvalue weighted by Gasteiger charge is -2.36. The predicted octanol–water partition coefficient (Wildman–Crippen LogP) is 7.57. The van der Waals surface area contributed by atoms with Gasteiger partial charge < -0.3 is 18.3 Å². The number of unbranched alkanes of at least 4 members (excludes halogenated alkanes) is 18. The predicted molar refractivity (Wildman–Crippen MR) is 186 cm³/mol. The Balaban J connectivity index is 3.92. The Morgan fingerprint density at radius 1 is 0.317 bits per heavy atom. The quantitative estimate of drug-likeness (QED) is 0.0633. The van der Waals surface area contributed by atoms with Crippen LogP contribution in [-0.4, -0.2) is 115 Å². The van der Waals surface area contributed by atoms with E-state index in [9.17, 15) is 0 Å². The number of rotatable bonds is 31. The van der Waals surface area contributed by atoms with Gasteiger partial charge >= 0.3 is 0 Å². The fourth-order valence-electron chi connectivity index (χ4n) is 6.04. The van der Waals surface area contributed by atoms with E-state index in [4.69, 9.17) is 0 Å². The largest absolute Gasteiger partial charge is 0.328 e. The van der Waals surface area contributed by atoms with Crippen LogP contribution in [0.3, 0.4) is 0 Å². The van der Waals surface area contributed by atoms with Crippen molar-refractivity contribution in [3.05, 3.63) is 0 Å². The summed E-state index contributed by atoms with van der Waals surface area (Å²) in [7, 11) is 17.2. The van der Waals surface area contributed by atoms with Crippen molar-refractivity contribution in [2.75, 3.05) is 102 Å². The summed E-state index contributed by atoms with van der Waals surface area (Å²) in [6.45, 7) is 15.1. The summed E-state index contributed by atoms with van der Waals surface area (Å²) < 4.78 is 3.54. The first kappa shape index (κ1) is 40.8. The van der Waals surface area contributed by atoms with Gasteiger partial charge in [-0.05, 0) is 25.7 Å². The molecule has 1 atom stereocenters. The summed E-state index contributed by atoms with van der Waals surface area (Å²) >= 11 is 0. The zero-order chi connectivity index (χ0) is 30.9. The van der Waals surface area contributed by atoms with Crippen LogP contribution in [0.2, 0.25) is 0 Å². The van der Waals surface area contributed by atoms with Crippen molar-refractivity contribution in [2.24, 2.45) is 0 Å². The molecule has 0 radical (unpaired) electrons. The molecule has 0 bridgehead atoms. The van der Waals surface area contributed by atoms with Crippen LogP contribution in [0.15, 0.2) is 0 Å². The number of likely N-dealkylation sites (N-methyl/N-ethyl adjacent to an activating group) is 4. The highest BCUT2D eigenvalue weighted by Gasteiger charge is 2.24. The Kier molecular flexibility index (Phi) is 25.1. The molecule has 4 heteroatoms. The molecular weight excluding hydrogens is 500 g/mol. The van der Waals surface area contributed by atoms with E-state index in [0.717, 1.165) is 4.48 Å². The van der Waals surface area contributed by atoms with Crippen LogP contribution in [-0.2, 0) is 0 Å². The minimum absolute atomic E-state index is 1.16. The van der Waals surface area contributed by atoms with Crippen molar-refractivity contribution < 1.29 is 18.3 Å². The smallest absolute Gasteiger partial charge is 0.128 e. The van der Waals surface area contributed by atoms with Gasteiger partial charge in [0.25, 0.3) is 0 Å². The molecular formula is C37H84N4+4. The summed E-state index contributed by atoms with van der Waals surface area (Å²) in [5.41, 5.74) is 0. The fourth-order valence-corrected chi connectivity index (χ4v) is 6.04. The van der Waals surface area contributed by atoms with Gasteiger partial charge in [-0.15, -0.1) is 0 Å². The van der Waals surface area contributed by atoms with E-state index in [-0.39, 0.29) is 0 Å². The molecule has 1 unspecified atom stereocenters. The normalized spacial score (nSPS) is 13.7. The van der Waals surface area contributed by atoms with E-state index in [1.165, 1.54) is 190 Å². The van der Waals surface area contributed by atoms with Crippen LogP contribution in [0.4, 0.5) is 0 Å². The monoisotopic (exact) mass is 585 g/mol. The van der Waals surface area contributed by atoms with Crippen molar-refractivity contribution in [1.29, 1.82) is 0 Å². The Morgan fingerprint density at radius 2 is 0.561 bits per heavy atom. The highest BCUT2D eigenvalue weighted by molar-refractivity contribution is 4.49. The van der Waals surface area contributed by atoms with Gasteiger partial charge in [0.05, 0.1) is 62.4 Å². The molecule has 0 saturated heterocycles. The molecule has 0 saturated carbocycles. The third-order valence-electron chi connectivity index (χ3n) is 9.83. The summed E-state index contributed by atoms with van der Waals surface area (Å²) in [4.78, 5) is 1.71. The standard InChI is InChI=1S/C37H83N4/c1-10-12-14-16-18-20-22-24-26-28-32-39(4,5)34-30-38(3)31-35-41(8,9)37-36-40(6,7)33-29-27-25-23-21-19-17-15-13-11-2/h10-37H2,1-9H3/q+3/p+1. The lowest BCUT2D eigenvalue weighted by molar-refractivity contribution is -0.976. The van der Waals surface area contributed by atoms with Gasteiger partial charge in [-0.1, -0.05) is 117 Å². The van der Waals surface area contributed by atoms with Crippen molar-refractivity contribution in [1.82, 2.24) is 0 Å². The molecule has 0 aromatic heterocycles. The van der Waals surface area contributed by atoms with Crippen LogP contribution in [0, 0.1) is 0 Å². The number of hydrogen-bond donors (Lipinski definition) is 1. The highest BCUT2D eigenvalue weighted by atomic mass is 15.4. The molecule has 0 amide bonds. The van der Waals surface area contributed by atoms with E-state index in [2.05, 4.69) is 63.2 Å². The van der Waals surface area contributed by atoms with Gasteiger partial charge in [0.2, 0.25) is 0 Å². The molecule has 0 fully saturated rings. The van der Waals surface area contributed by atoms with Crippen molar-refractivity contribution in [2.45, 2.75) is 142 Å². The summed E-state index contributed by atoms with van der Waals surface area (Å²) in [6, 6.07) is 0. The molecule has 0 heterocycles. The number of quaternary nitrogens is 4. The third kappa shape index (κ3) is 28.4. The average molecular weight is 585 g/mol. The number of nitrogens with one attached hydrogen (secondary N) is 1. The average Bonchev–Trinajstić information content (AvgIpc) is 2.92. The first-order chi connectivity index (χ1) is 19.4. The van der Waals surface area contributed by atoms with Gasteiger partial charge in [-0.25, -0.2) is 0 Å². The van der Waals surface area contributed by atoms with Crippen LogP contribution in [0.5, 0.6) is 0 Å². The first-order valence-corrected chi connectivity index (χ1v) is 18.7. The second-order valence-electron chi connectivity index (χ2n) is 16.0. The maximum atomic E-state index is 2.46. The zero-order valence-electron chi connectivity index (χ0n) is 30.6. The summed E-state index contributed by atoms with van der Waals surface area (Å²) in [5.74, 6) is 0. The number of nitrogens with zero attached hydrogens (tertiary/aromatic N) is 3. The Hall–Kier alpha value is -0.160. The van der Waals surface area contributed by atoms with E-state index in [1.807, 2.05) is 0 Å². The van der Waals surface area contributed by atoms with E-state index < -0.39 is 0 Å². The van der Waals surface area contributed by atoms with Gasteiger partial charge in [0.1, 0.15) is 39.3 Å². The molecule has 0 aromatic rings. The minimum atomic E-state index is 1.16. The molecule has 4 nitrogen and oxygen atoms in total. The maximum Gasteiger partial charge on any atom is 0.128 e. The Bertz CT molecular complexity index is 557. The van der Waals surface area contributed by atoms with E-state index in [1.54, 1.807) is 4.90 Å². The molecule has 0 aliphatic heterocycles. The lowest BCUT2D eigenvalue weighted by atomic mass is 10.1. The molecule has 248 valence electrons. The molecule has 0 rings (SSSR count). The minimum Gasteiger partial charge on any atom is -0.328 e. The second-order valence-corrected chi connectivity index (χ2v) is 16.0. The zero-order valence-corrected chi connectivity index (χ0v) is 30.6. The summed E-state index contributed by atoms with van der Waals surface area (Å²) in [6.07, 6.45) is 28.7. The molecule has 0 aliphatic rings. The van der Waals surface area contributed by atoms with Gasteiger partial charge in [-0.2, -0.15) is 0 Å². The Labute approximate surface area is 262 Å². The SMILES string of the molecule is CCCCCCCCCCCC[N+](C)(C)CC[NH+](C)CC[N+](C)(C)CC[N+](C)(C)CCCCCCCCCCCC. The second kappa shape index (κ2) is 25.2. The molecule has 1 N–H and O–H groups in total. The van der Waals surface area contributed by atoms with Gasteiger partial charge in [0, 0.05) is 0 Å². The summed E-state index contributed by atoms with van der Waals surface area (Å²) in [5, 5.41) is 0. The van der Waals surface area contributed by atoms with Crippen LogP contribution in [0.1, 0.15) is 142 Å². The van der Waals surface area contributed by atoms with Gasteiger partial charge in [0.15, 0.2) is 0 Å². The Morgan fingerprint density at radius 3 is 0.878 bits per heavy atom. The maximum absolute atomic E-state index is 2.46. The first-order valence-electron chi connectivity index (χ1n) is 18.7. The molecule has 0 spiro atoms. The van der Waals surface area contributed by atoms with Gasteiger partial charge in [-0.3, -0.25) is 0 Å². The van der Waals surface area contributed by atoms with Crippen molar-refractivity contribution in [3.8, 4) is 0 Å². The van der Waals surface area contributed by atoms with Crippen molar-refractivity contribution >= 4 is 0 Å². The third-order valence-corrected chi connectivity index (χ3v) is 9.83. The lowest BCUT2D eigenvalue weighted by Crippen LogP contribution is -3.10. The molecule has 0 aromatic carbocycles. The number of hydrogen-bond acceptors (Lipinski definition) is 0. The van der Waals surface area contributed by atoms with Crippen molar-refractivity contribution in [3.63, 3.8) is 0 Å². The molecule has 41 heavy (non-hydrogen) atoms. The van der Waals surface area contributed by atoms with E-state index >= 15 is 0 Å². The van der Waals surface area contributed by atoms with Crippen LogP contribution in [0.25, 0.3) is 0 Å². The van der Waals surface area contributed by atoms with Crippen LogP contribution >= 0.6 is 0 Å².